The maximum atomic E-state index is 9.81. The summed E-state index contributed by atoms with van der Waals surface area (Å²) < 4.78 is 3.66. The van der Waals surface area contributed by atoms with Gasteiger partial charge in [0, 0.05) is 12.0 Å². The number of aryl methyl sites for hydroxylation is 1. The van der Waals surface area contributed by atoms with Gasteiger partial charge in [-0.15, -0.1) is 10.2 Å². The SMILES string of the molecule is CCc1nnc(-c2ccc(C(O)C(Cl)(Cl)Cl)cc2)o1. The molecule has 0 saturated heterocycles. The summed E-state index contributed by atoms with van der Waals surface area (Å²) in [5.74, 6) is 0.993. The van der Waals surface area contributed by atoms with Crippen molar-refractivity contribution in [3.8, 4) is 11.5 Å². The van der Waals surface area contributed by atoms with Crippen molar-refractivity contribution >= 4 is 34.8 Å². The standard InChI is InChI=1S/C12H11Cl3N2O2/c1-2-9-16-17-11(19-9)8-5-3-7(4-6-8)10(18)12(13,14)15/h3-6,10,18H,2H2,1H3. The van der Waals surface area contributed by atoms with E-state index in [1.165, 1.54) is 0 Å². The molecule has 1 aromatic heterocycles. The van der Waals surface area contributed by atoms with Crippen molar-refractivity contribution in [2.75, 3.05) is 0 Å². The zero-order valence-electron chi connectivity index (χ0n) is 9.98. The molecule has 2 rings (SSSR count). The number of alkyl halides is 3. The Hall–Kier alpha value is -0.810. The van der Waals surface area contributed by atoms with Crippen molar-refractivity contribution in [1.82, 2.24) is 10.2 Å². The van der Waals surface area contributed by atoms with Gasteiger partial charge >= 0.3 is 0 Å². The van der Waals surface area contributed by atoms with Crippen molar-refractivity contribution in [1.29, 1.82) is 0 Å². The fourth-order valence-corrected chi connectivity index (χ4v) is 1.89. The second kappa shape index (κ2) is 5.67. The molecule has 0 aliphatic carbocycles. The molecule has 0 aliphatic heterocycles. The molecule has 19 heavy (non-hydrogen) atoms. The minimum absolute atomic E-state index is 0.423. The summed E-state index contributed by atoms with van der Waals surface area (Å²) >= 11 is 16.9. The van der Waals surface area contributed by atoms with Crippen molar-refractivity contribution in [3.05, 3.63) is 35.7 Å². The molecule has 0 radical (unpaired) electrons. The Kier molecular flexibility index (Phi) is 4.36. The van der Waals surface area contributed by atoms with Gasteiger partial charge in [0.2, 0.25) is 15.6 Å². The van der Waals surface area contributed by atoms with Crippen LogP contribution in [0.2, 0.25) is 0 Å². The Morgan fingerprint density at radius 1 is 1.21 bits per heavy atom. The first kappa shape index (κ1) is 14.6. The third kappa shape index (κ3) is 3.39. The van der Waals surface area contributed by atoms with Crippen molar-refractivity contribution in [2.24, 2.45) is 0 Å². The lowest BCUT2D eigenvalue weighted by Crippen LogP contribution is -2.16. The Labute approximate surface area is 125 Å². The van der Waals surface area contributed by atoms with Crippen LogP contribution in [0.3, 0.4) is 0 Å². The van der Waals surface area contributed by atoms with E-state index in [0.717, 1.165) is 5.56 Å². The lowest BCUT2D eigenvalue weighted by Gasteiger charge is -2.19. The van der Waals surface area contributed by atoms with E-state index in [9.17, 15) is 5.11 Å². The number of aliphatic hydroxyl groups is 1. The molecule has 0 amide bonds. The molecule has 2 aromatic rings. The van der Waals surface area contributed by atoms with E-state index in [2.05, 4.69) is 10.2 Å². The van der Waals surface area contributed by atoms with Crippen molar-refractivity contribution in [3.63, 3.8) is 0 Å². The summed E-state index contributed by atoms with van der Waals surface area (Å²) in [6.07, 6.45) is -0.516. The van der Waals surface area contributed by atoms with E-state index >= 15 is 0 Å². The lowest BCUT2D eigenvalue weighted by molar-refractivity contribution is 0.182. The summed E-state index contributed by atoms with van der Waals surface area (Å²) in [5.41, 5.74) is 1.24. The molecule has 0 fully saturated rings. The average molecular weight is 322 g/mol. The number of aliphatic hydroxyl groups excluding tert-OH is 1. The molecule has 102 valence electrons. The smallest absolute Gasteiger partial charge is 0.247 e. The van der Waals surface area contributed by atoms with Gasteiger partial charge in [-0.25, -0.2) is 0 Å². The van der Waals surface area contributed by atoms with Crippen LogP contribution in [-0.2, 0) is 6.42 Å². The molecule has 1 N–H and O–H groups in total. The number of aromatic nitrogens is 2. The molecule has 1 atom stereocenters. The van der Waals surface area contributed by atoms with E-state index in [4.69, 9.17) is 39.2 Å². The predicted molar refractivity (Wildman–Crippen MR) is 74.4 cm³/mol. The molecule has 1 aromatic carbocycles. The first-order chi connectivity index (χ1) is 8.91. The first-order valence-electron chi connectivity index (χ1n) is 5.59. The van der Waals surface area contributed by atoms with Crippen LogP contribution < -0.4 is 0 Å². The number of hydrogen-bond donors (Lipinski definition) is 1. The normalized spacial score (nSPS) is 13.5. The molecule has 0 bridgehead atoms. The van der Waals surface area contributed by atoms with Gasteiger partial charge in [0.25, 0.3) is 0 Å². The highest BCUT2D eigenvalue weighted by atomic mass is 35.6. The number of rotatable bonds is 3. The minimum atomic E-state index is -1.76. The minimum Gasteiger partial charge on any atom is -0.421 e. The largest absolute Gasteiger partial charge is 0.421 e. The molecule has 7 heteroatoms. The van der Waals surface area contributed by atoms with Crippen LogP contribution in [0, 0.1) is 0 Å². The average Bonchev–Trinajstić information content (AvgIpc) is 2.86. The molecule has 0 saturated carbocycles. The summed E-state index contributed by atoms with van der Waals surface area (Å²) in [4.78, 5) is 0. The molecule has 0 spiro atoms. The summed E-state index contributed by atoms with van der Waals surface area (Å²) in [6, 6.07) is 6.75. The van der Waals surface area contributed by atoms with Gasteiger partial charge in [0.1, 0.15) is 6.10 Å². The molecular formula is C12H11Cl3N2O2. The van der Waals surface area contributed by atoms with E-state index in [1.54, 1.807) is 24.3 Å². The van der Waals surface area contributed by atoms with Gasteiger partial charge in [0.05, 0.1) is 0 Å². The maximum Gasteiger partial charge on any atom is 0.247 e. The third-order valence-corrected chi connectivity index (χ3v) is 3.17. The Morgan fingerprint density at radius 2 is 1.84 bits per heavy atom. The topological polar surface area (TPSA) is 59.2 Å². The van der Waals surface area contributed by atoms with Crippen molar-refractivity contribution in [2.45, 2.75) is 23.2 Å². The quantitative estimate of drug-likeness (QED) is 0.876. The van der Waals surface area contributed by atoms with E-state index in [1.807, 2.05) is 6.92 Å². The third-order valence-electron chi connectivity index (χ3n) is 2.55. The molecule has 0 aliphatic rings. The number of benzene rings is 1. The Morgan fingerprint density at radius 3 is 2.32 bits per heavy atom. The fourth-order valence-electron chi connectivity index (χ4n) is 1.51. The lowest BCUT2D eigenvalue weighted by atomic mass is 10.1. The Balaban J connectivity index is 2.23. The van der Waals surface area contributed by atoms with E-state index in [0.29, 0.717) is 23.8 Å². The van der Waals surface area contributed by atoms with Crippen LogP contribution >= 0.6 is 34.8 Å². The maximum absolute atomic E-state index is 9.81. The van der Waals surface area contributed by atoms with Crippen molar-refractivity contribution < 1.29 is 9.52 Å². The van der Waals surface area contributed by atoms with Gasteiger partial charge in [-0.3, -0.25) is 0 Å². The second-order valence-electron chi connectivity index (χ2n) is 3.92. The molecular weight excluding hydrogens is 311 g/mol. The van der Waals surface area contributed by atoms with Gasteiger partial charge in [0.15, 0.2) is 0 Å². The van der Waals surface area contributed by atoms with Crippen LogP contribution in [0.15, 0.2) is 28.7 Å². The van der Waals surface area contributed by atoms with Gasteiger partial charge in [-0.2, -0.15) is 0 Å². The van der Waals surface area contributed by atoms with Gasteiger partial charge in [-0.05, 0) is 17.7 Å². The van der Waals surface area contributed by atoms with Crippen LogP contribution in [0.5, 0.6) is 0 Å². The summed E-state index contributed by atoms with van der Waals surface area (Å²) in [6.45, 7) is 1.93. The van der Waals surface area contributed by atoms with E-state index < -0.39 is 9.90 Å². The molecule has 1 heterocycles. The highest BCUT2D eigenvalue weighted by Gasteiger charge is 2.32. The second-order valence-corrected chi connectivity index (χ2v) is 6.29. The molecule has 4 nitrogen and oxygen atoms in total. The van der Waals surface area contributed by atoms with Crippen LogP contribution in [0.4, 0.5) is 0 Å². The highest BCUT2D eigenvalue weighted by molar-refractivity contribution is 6.68. The van der Waals surface area contributed by atoms with Crippen LogP contribution in [0.25, 0.3) is 11.5 Å². The summed E-state index contributed by atoms with van der Waals surface area (Å²) in [5, 5.41) is 17.6. The first-order valence-corrected chi connectivity index (χ1v) is 6.72. The van der Waals surface area contributed by atoms with Gasteiger partial charge in [-0.1, -0.05) is 53.9 Å². The predicted octanol–water partition coefficient (Wildman–Crippen LogP) is 3.70. The zero-order chi connectivity index (χ0) is 14.0. The molecule has 1 unspecified atom stereocenters. The number of halogens is 3. The van der Waals surface area contributed by atoms with Gasteiger partial charge < -0.3 is 9.52 Å². The highest BCUT2D eigenvalue weighted by Crippen LogP contribution is 2.39. The monoisotopic (exact) mass is 320 g/mol. The fraction of sp³-hybridized carbons (Fsp3) is 0.333. The Bertz CT molecular complexity index is 549. The zero-order valence-corrected chi connectivity index (χ0v) is 12.2. The van der Waals surface area contributed by atoms with Crippen LogP contribution in [0.1, 0.15) is 24.5 Å². The number of hydrogen-bond acceptors (Lipinski definition) is 4. The number of nitrogens with zero attached hydrogens (tertiary/aromatic N) is 2. The van der Waals surface area contributed by atoms with E-state index in [-0.39, 0.29) is 0 Å². The summed E-state index contributed by atoms with van der Waals surface area (Å²) in [7, 11) is 0. The van der Waals surface area contributed by atoms with Crippen LogP contribution in [-0.4, -0.2) is 19.1 Å².